The van der Waals surface area contributed by atoms with Gasteiger partial charge in [0.1, 0.15) is 0 Å². The SMILES string of the molecule is NC(N)=NCCCCCC(=O)CN(Cc1ccc(-c2ccccc2)cc1)C(=O)[C@@H](CCCN=C(N)N)CC(=O)[C@H](N)Cc1ccc(-c2ccccc2)cc1. The Hall–Kier alpha value is -5.81. The minimum atomic E-state index is -0.805. The van der Waals surface area contributed by atoms with Crippen LogP contribution in [0, 0.1) is 5.92 Å². The summed E-state index contributed by atoms with van der Waals surface area (Å²) in [4.78, 5) is 51.1. The summed E-state index contributed by atoms with van der Waals surface area (Å²) in [5.74, 6) is -1.27. The Morgan fingerprint density at radius 3 is 1.63 bits per heavy atom. The van der Waals surface area contributed by atoms with Crippen molar-refractivity contribution >= 4 is 29.4 Å². The number of benzene rings is 4. The van der Waals surface area contributed by atoms with Crippen LogP contribution >= 0.6 is 0 Å². The van der Waals surface area contributed by atoms with Crippen molar-refractivity contribution in [1.29, 1.82) is 0 Å². The van der Waals surface area contributed by atoms with Gasteiger partial charge in [-0.3, -0.25) is 24.4 Å². The monoisotopic (exact) mass is 730 g/mol. The quantitative estimate of drug-likeness (QED) is 0.0423. The average Bonchev–Trinajstić information content (AvgIpc) is 3.17. The van der Waals surface area contributed by atoms with E-state index in [0.717, 1.165) is 46.2 Å². The van der Waals surface area contributed by atoms with E-state index in [9.17, 15) is 14.4 Å². The van der Waals surface area contributed by atoms with E-state index in [2.05, 4.69) is 9.98 Å². The molecule has 4 rings (SSSR count). The van der Waals surface area contributed by atoms with Crippen molar-refractivity contribution in [3.05, 3.63) is 120 Å². The Morgan fingerprint density at radius 2 is 1.09 bits per heavy atom. The molecule has 11 nitrogen and oxygen atoms in total. The first-order valence-electron chi connectivity index (χ1n) is 18.6. The Bertz CT molecular complexity index is 1820. The van der Waals surface area contributed by atoms with Crippen LogP contribution < -0.4 is 28.7 Å². The number of rotatable bonds is 22. The third-order valence-electron chi connectivity index (χ3n) is 9.25. The first-order chi connectivity index (χ1) is 26.1. The molecule has 0 saturated carbocycles. The molecule has 0 bridgehead atoms. The molecule has 10 N–H and O–H groups in total. The number of nitrogens with zero attached hydrogens (tertiary/aromatic N) is 3. The van der Waals surface area contributed by atoms with Gasteiger partial charge in [-0.25, -0.2) is 0 Å². The molecular formula is C43H54N8O3. The molecule has 4 aromatic carbocycles. The predicted octanol–water partition coefficient (Wildman–Crippen LogP) is 4.95. The number of carbonyl (C=O) groups is 3. The number of nitrogens with two attached hydrogens (primary N) is 5. The van der Waals surface area contributed by atoms with Crippen LogP contribution in [0.25, 0.3) is 22.3 Å². The highest BCUT2D eigenvalue weighted by Crippen LogP contribution is 2.24. The number of aliphatic imine (C=N–C) groups is 2. The van der Waals surface area contributed by atoms with Crippen molar-refractivity contribution in [2.45, 2.75) is 64.0 Å². The van der Waals surface area contributed by atoms with Crippen LogP contribution in [-0.4, -0.2) is 60.0 Å². The second kappa shape index (κ2) is 21.7. The van der Waals surface area contributed by atoms with Crippen LogP contribution in [0.4, 0.5) is 0 Å². The zero-order chi connectivity index (χ0) is 38.7. The van der Waals surface area contributed by atoms with Gasteiger partial charge in [0.05, 0.1) is 12.6 Å². The van der Waals surface area contributed by atoms with Gasteiger partial charge in [-0.15, -0.1) is 0 Å². The summed E-state index contributed by atoms with van der Waals surface area (Å²) in [7, 11) is 0. The van der Waals surface area contributed by atoms with Crippen molar-refractivity contribution in [3.63, 3.8) is 0 Å². The van der Waals surface area contributed by atoms with E-state index in [1.165, 1.54) is 0 Å². The molecule has 0 spiro atoms. The van der Waals surface area contributed by atoms with Gasteiger partial charge in [-0.1, -0.05) is 116 Å². The summed E-state index contributed by atoms with van der Waals surface area (Å²) < 4.78 is 0. The fourth-order valence-corrected chi connectivity index (χ4v) is 6.32. The molecule has 0 radical (unpaired) electrons. The first-order valence-corrected chi connectivity index (χ1v) is 18.6. The van der Waals surface area contributed by atoms with Crippen LogP contribution in [-0.2, 0) is 27.3 Å². The largest absolute Gasteiger partial charge is 0.370 e. The first kappa shape index (κ1) is 41.0. The molecule has 0 aliphatic carbocycles. The van der Waals surface area contributed by atoms with Gasteiger partial charge in [0.2, 0.25) is 5.91 Å². The van der Waals surface area contributed by atoms with Crippen molar-refractivity contribution in [2.24, 2.45) is 44.6 Å². The van der Waals surface area contributed by atoms with Crippen LogP contribution in [0.15, 0.2) is 119 Å². The Labute approximate surface area is 318 Å². The summed E-state index contributed by atoms with van der Waals surface area (Å²) in [5, 5.41) is 0. The van der Waals surface area contributed by atoms with Gasteiger partial charge in [0.15, 0.2) is 23.5 Å². The van der Waals surface area contributed by atoms with Crippen molar-refractivity contribution in [3.8, 4) is 22.3 Å². The van der Waals surface area contributed by atoms with E-state index in [1.807, 2.05) is 109 Å². The van der Waals surface area contributed by atoms with E-state index in [0.29, 0.717) is 45.2 Å². The maximum atomic E-state index is 14.4. The lowest BCUT2D eigenvalue weighted by Crippen LogP contribution is -2.42. The highest BCUT2D eigenvalue weighted by Gasteiger charge is 2.29. The average molecular weight is 731 g/mol. The van der Waals surface area contributed by atoms with Gasteiger partial charge >= 0.3 is 0 Å². The molecule has 0 aliphatic heterocycles. The number of carbonyl (C=O) groups excluding carboxylic acids is 3. The van der Waals surface area contributed by atoms with Gasteiger partial charge in [-0.05, 0) is 65.5 Å². The molecule has 4 aromatic rings. The molecule has 0 heterocycles. The minimum absolute atomic E-state index is 0.0428. The smallest absolute Gasteiger partial charge is 0.226 e. The Balaban J connectivity index is 1.49. The summed E-state index contributed by atoms with van der Waals surface area (Å²) in [5.41, 5.74) is 34.5. The van der Waals surface area contributed by atoms with Crippen molar-refractivity contribution in [1.82, 2.24) is 4.90 Å². The number of amides is 1. The summed E-state index contributed by atoms with van der Waals surface area (Å²) >= 11 is 0. The molecule has 0 unspecified atom stereocenters. The molecule has 1 amide bonds. The molecule has 0 aromatic heterocycles. The lowest BCUT2D eigenvalue weighted by molar-refractivity contribution is -0.141. The highest BCUT2D eigenvalue weighted by molar-refractivity contribution is 5.92. The van der Waals surface area contributed by atoms with Gasteiger partial charge in [0, 0.05) is 38.4 Å². The highest BCUT2D eigenvalue weighted by atomic mass is 16.2. The van der Waals surface area contributed by atoms with Crippen LogP contribution in [0.2, 0.25) is 0 Å². The fourth-order valence-electron chi connectivity index (χ4n) is 6.32. The van der Waals surface area contributed by atoms with Gasteiger partial charge in [-0.2, -0.15) is 0 Å². The molecule has 11 heteroatoms. The van der Waals surface area contributed by atoms with Crippen LogP contribution in [0.1, 0.15) is 56.1 Å². The molecular weight excluding hydrogens is 677 g/mol. The fraction of sp³-hybridized carbons (Fsp3) is 0.326. The second-order valence-electron chi connectivity index (χ2n) is 13.6. The Kier molecular flexibility index (Phi) is 16.4. The third kappa shape index (κ3) is 14.0. The zero-order valence-electron chi connectivity index (χ0n) is 31.0. The summed E-state index contributed by atoms with van der Waals surface area (Å²) in [6, 6.07) is 35.2. The topological polar surface area (TPSA) is 209 Å². The lowest BCUT2D eigenvalue weighted by atomic mass is 9.90. The van der Waals surface area contributed by atoms with Crippen molar-refractivity contribution in [2.75, 3.05) is 19.6 Å². The number of hydrogen-bond acceptors (Lipinski definition) is 6. The number of Topliss-reactive ketones (excluding diaryl/α,β-unsaturated/α-hetero) is 2. The molecule has 284 valence electrons. The van der Waals surface area contributed by atoms with Gasteiger partial charge in [0.25, 0.3) is 0 Å². The lowest BCUT2D eigenvalue weighted by Gasteiger charge is -2.28. The normalized spacial score (nSPS) is 11.9. The molecule has 2 atom stereocenters. The van der Waals surface area contributed by atoms with Gasteiger partial charge < -0.3 is 33.6 Å². The maximum Gasteiger partial charge on any atom is 0.226 e. The molecule has 0 fully saturated rings. The number of hydrogen-bond donors (Lipinski definition) is 5. The predicted molar refractivity (Wildman–Crippen MR) is 218 cm³/mol. The van der Waals surface area contributed by atoms with Crippen LogP contribution in [0.5, 0.6) is 0 Å². The van der Waals surface area contributed by atoms with Crippen LogP contribution in [0.3, 0.4) is 0 Å². The third-order valence-corrected chi connectivity index (χ3v) is 9.25. The van der Waals surface area contributed by atoms with E-state index in [1.54, 1.807) is 4.90 Å². The second-order valence-corrected chi connectivity index (χ2v) is 13.6. The van der Waals surface area contributed by atoms with E-state index < -0.39 is 12.0 Å². The standard InChI is InChI=1S/C43H54N8O3/c44-39(27-31-17-21-35(22-18-31)33-11-4-1-5-12-33)40(53)28-37(15-10-26-50-43(47)48)41(54)51(30-38(52)16-8-3-9-25-49-42(45)46)29-32-19-23-36(24-20-32)34-13-6-2-7-14-34/h1-2,4-7,11-14,17-24,37,39H,3,8-10,15-16,25-30,44H2,(H4,45,46,49)(H4,47,48,50)/t37-,39+/m0/s1. The summed E-state index contributed by atoms with van der Waals surface area (Å²) in [6.07, 6.45) is 3.57. The van der Waals surface area contributed by atoms with E-state index in [-0.39, 0.29) is 48.9 Å². The molecule has 0 saturated heterocycles. The zero-order valence-corrected chi connectivity index (χ0v) is 31.0. The number of unbranched alkanes of at least 4 members (excludes halogenated alkanes) is 2. The van der Waals surface area contributed by atoms with Crippen molar-refractivity contribution < 1.29 is 14.4 Å². The maximum absolute atomic E-state index is 14.4. The number of ketones is 2. The minimum Gasteiger partial charge on any atom is -0.370 e. The van der Waals surface area contributed by atoms with E-state index >= 15 is 0 Å². The van der Waals surface area contributed by atoms with E-state index in [4.69, 9.17) is 28.7 Å². The number of guanidine groups is 2. The summed E-state index contributed by atoms with van der Waals surface area (Å²) in [6.45, 7) is 0.935. The Morgan fingerprint density at radius 1 is 0.593 bits per heavy atom. The molecule has 0 aliphatic rings. The molecule has 54 heavy (non-hydrogen) atoms.